The van der Waals surface area contributed by atoms with E-state index in [-0.39, 0.29) is 35.9 Å². The van der Waals surface area contributed by atoms with Crippen LogP contribution in [0.2, 0.25) is 0 Å². The number of benzene rings is 1. The Morgan fingerprint density at radius 3 is 2.83 bits per heavy atom. The van der Waals surface area contributed by atoms with Crippen molar-refractivity contribution in [1.29, 1.82) is 0 Å². The maximum absolute atomic E-state index is 13.2. The molecule has 2 amide bonds. The van der Waals surface area contributed by atoms with Crippen molar-refractivity contribution >= 4 is 6.03 Å². The molecule has 0 aliphatic heterocycles. The Hall–Kier alpha value is -2.63. The van der Waals surface area contributed by atoms with Gasteiger partial charge in [-0.25, -0.2) is 9.18 Å². The fraction of sp³-hybridized carbons (Fsp3) is 0.333. The Balaban J connectivity index is 1.54. The smallest absolute Gasteiger partial charge is 0.315 e. The van der Waals surface area contributed by atoms with E-state index in [9.17, 15) is 14.0 Å². The maximum atomic E-state index is 13.2. The van der Waals surface area contributed by atoms with Crippen LogP contribution in [0.5, 0.6) is 0 Å². The number of nitrogens with one attached hydrogen (secondary N) is 3. The van der Waals surface area contributed by atoms with Gasteiger partial charge in [0.2, 0.25) is 0 Å². The Morgan fingerprint density at radius 1 is 1.33 bits per heavy atom. The van der Waals surface area contributed by atoms with E-state index in [1.165, 1.54) is 12.1 Å². The molecule has 0 radical (unpaired) electrons. The number of H-pyrrole nitrogens is 1. The molecule has 1 aliphatic rings. The highest BCUT2D eigenvalue weighted by Crippen LogP contribution is 2.40. The molecule has 1 heterocycles. The van der Waals surface area contributed by atoms with Crippen LogP contribution in [0.15, 0.2) is 35.1 Å². The van der Waals surface area contributed by atoms with E-state index in [1.54, 1.807) is 6.07 Å². The minimum absolute atomic E-state index is 0.00389. The van der Waals surface area contributed by atoms with E-state index in [0.29, 0.717) is 5.56 Å². The van der Waals surface area contributed by atoms with Gasteiger partial charge in [0.05, 0.1) is 6.54 Å². The fourth-order valence-corrected chi connectivity index (χ4v) is 2.95. The number of carbonyl (C=O) groups is 1. The first kappa shape index (κ1) is 16.2. The highest BCUT2D eigenvalue weighted by atomic mass is 19.1. The summed E-state index contributed by atoms with van der Waals surface area (Å²) >= 11 is 0. The van der Waals surface area contributed by atoms with E-state index >= 15 is 0 Å². The minimum Gasteiger partial charge on any atom is -0.335 e. The van der Waals surface area contributed by atoms with E-state index < -0.39 is 0 Å². The van der Waals surface area contributed by atoms with Crippen LogP contribution >= 0.6 is 0 Å². The number of hydrogen-bond acceptors (Lipinski definition) is 2. The molecule has 126 valence electrons. The molecule has 1 aromatic heterocycles. The average Bonchev–Trinajstić information content (AvgIpc) is 3.25. The van der Waals surface area contributed by atoms with Crippen molar-refractivity contribution in [2.24, 2.45) is 0 Å². The number of urea groups is 1. The number of hydrogen-bond donors (Lipinski definition) is 3. The molecule has 5 nitrogen and oxygen atoms in total. The molecule has 1 aliphatic carbocycles. The van der Waals surface area contributed by atoms with Crippen molar-refractivity contribution in [1.82, 2.24) is 15.6 Å². The van der Waals surface area contributed by atoms with Gasteiger partial charge in [-0.2, -0.15) is 0 Å². The molecule has 24 heavy (non-hydrogen) atoms. The van der Waals surface area contributed by atoms with Crippen LogP contribution in [-0.2, 0) is 6.54 Å². The largest absolute Gasteiger partial charge is 0.335 e. The number of carbonyl (C=O) groups excluding carboxylic acids is 1. The fourth-order valence-electron chi connectivity index (χ4n) is 2.95. The number of pyridine rings is 1. The lowest BCUT2D eigenvalue weighted by Crippen LogP contribution is -2.38. The molecule has 0 spiro atoms. The number of amides is 2. The summed E-state index contributed by atoms with van der Waals surface area (Å²) in [5.41, 5.74) is 2.90. The highest BCUT2D eigenvalue weighted by Gasteiger charge is 2.39. The Morgan fingerprint density at radius 2 is 2.12 bits per heavy atom. The first-order valence-corrected chi connectivity index (χ1v) is 7.93. The maximum Gasteiger partial charge on any atom is 0.315 e. The summed E-state index contributed by atoms with van der Waals surface area (Å²) in [4.78, 5) is 26.6. The number of aromatic amines is 1. The van der Waals surface area contributed by atoms with Crippen LogP contribution < -0.4 is 16.2 Å². The summed E-state index contributed by atoms with van der Waals surface area (Å²) in [6.07, 6.45) is 0.793. The summed E-state index contributed by atoms with van der Waals surface area (Å²) in [6, 6.07) is 8.00. The van der Waals surface area contributed by atoms with Gasteiger partial charge in [0, 0.05) is 23.2 Å². The van der Waals surface area contributed by atoms with E-state index in [0.717, 1.165) is 23.2 Å². The second-order valence-corrected chi connectivity index (χ2v) is 6.27. The van der Waals surface area contributed by atoms with Crippen LogP contribution in [-0.4, -0.2) is 17.1 Å². The Bertz CT molecular complexity index is 831. The van der Waals surface area contributed by atoms with Crippen LogP contribution in [0.4, 0.5) is 9.18 Å². The van der Waals surface area contributed by atoms with Gasteiger partial charge in [0.1, 0.15) is 5.82 Å². The number of aryl methyl sites for hydroxylation is 2. The zero-order valence-corrected chi connectivity index (χ0v) is 13.7. The molecule has 1 saturated carbocycles. The van der Waals surface area contributed by atoms with Crippen molar-refractivity contribution < 1.29 is 9.18 Å². The molecule has 0 saturated heterocycles. The lowest BCUT2D eigenvalue weighted by Gasteiger charge is -2.09. The third kappa shape index (κ3) is 3.64. The first-order valence-electron chi connectivity index (χ1n) is 7.93. The number of halogens is 1. The summed E-state index contributed by atoms with van der Waals surface area (Å²) in [5, 5.41) is 5.57. The molecule has 1 fully saturated rings. The van der Waals surface area contributed by atoms with Gasteiger partial charge in [-0.3, -0.25) is 4.79 Å². The molecule has 2 atom stereocenters. The predicted octanol–water partition coefficient (Wildman–Crippen LogP) is 2.49. The van der Waals surface area contributed by atoms with Crippen molar-refractivity contribution in [2.45, 2.75) is 38.8 Å². The molecule has 2 aromatic rings. The predicted molar refractivity (Wildman–Crippen MR) is 89.5 cm³/mol. The standard InChI is InChI=1S/C18H20FN3O2/c1-10-6-11(2)21-17(23)15(10)9-20-18(24)22-16-8-14(16)12-4-3-5-13(19)7-12/h3-7,14,16H,8-9H2,1-2H3,(H,21,23)(H2,20,22,24). The molecule has 2 unspecified atom stereocenters. The average molecular weight is 329 g/mol. The van der Waals surface area contributed by atoms with Gasteiger partial charge in [0.25, 0.3) is 5.56 Å². The van der Waals surface area contributed by atoms with Gasteiger partial charge < -0.3 is 15.6 Å². The number of rotatable bonds is 4. The zero-order chi connectivity index (χ0) is 17.3. The van der Waals surface area contributed by atoms with Gasteiger partial charge in [-0.05, 0) is 49.6 Å². The van der Waals surface area contributed by atoms with Gasteiger partial charge in [-0.1, -0.05) is 12.1 Å². The Labute approximate surface area is 139 Å². The molecule has 1 aromatic carbocycles. The zero-order valence-electron chi connectivity index (χ0n) is 13.7. The highest BCUT2D eigenvalue weighted by molar-refractivity contribution is 5.75. The van der Waals surface area contributed by atoms with Crippen LogP contribution in [0.3, 0.4) is 0 Å². The quantitative estimate of drug-likeness (QED) is 0.806. The summed E-state index contributed by atoms with van der Waals surface area (Å²) in [6.45, 7) is 3.83. The van der Waals surface area contributed by atoms with Crippen LogP contribution in [0.1, 0.15) is 34.7 Å². The molecular formula is C18H20FN3O2. The first-order chi connectivity index (χ1) is 11.4. The van der Waals surface area contributed by atoms with Gasteiger partial charge in [-0.15, -0.1) is 0 Å². The minimum atomic E-state index is -0.321. The van der Waals surface area contributed by atoms with Crippen LogP contribution in [0, 0.1) is 19.7 Å². The number of aromatic nitrogens is 1. The lowest BCUT2D eigenvalue weighted by molar-refractivity contribution is 0.240. The molecule has 6 heteroatoms. The Kier molecular flexibility index (Phi) is 4.38. The van der Waals surface area contributed by atoms with Crippen molar-refractivity contribution in [3.8, 4) is 0 Å². The van der Waals surface area contributed by atoms with E-state index in [2.05, 4.69) is 15.6 Å². The van der Waals surface area contributed by atoms with Crippen molar-refractivity contribution in [2.75, 3.05) is 0 Å². The third-order valence-corrected chi connectivity index (χ3v) is 4.30. The molecule has 0 bridgehead atoms. The van der Waals surface area contributed by atoms with Gasteiger partial charge >= 0.3 is 6.03 Å². The second-order valence-electron chi connectivity index (χ2n) is 6.27. The molecule has 3 N–H and O–H groups in total. The topological polar surface area (TPSA) is 74.0 Å². The van der Waals surface area contributed by atoms with Crippen molar-refractivity contribution in [3.05, 3.63) is 68.9 Å². The summed E-state index contributed by atoms with van der Waals surface area (Å²) < 4.78 is 13.2. The van der Waals surface area contributed by atoms with E-state index in [4.69, 9.17) is 0 Å². The second kappa shape index (κ2) is 6.47. The summed E-state index contributed by atoms with van der Waals surface area (Å²) in [5.74, 6) is -0.118. The monoisotopic (exact) mass is 329 g/mol. The SMILES string of the molecule is Cc1cc(C)c(CNC(=O)NC2CC2c2cccc(F)c2)c(=O)[nH]1. The third-order valence-electron chi connectivity index (χ3n) is 4.30. The van der Waals surface area contributed by atoms with Crippen molar-refractivity contribution in [3.63, 3.8) is 0 Å². The molecule has 3 rings (SSSR count). The normalized spacial score (nSPS) is 19.0. The van der Waals surface area contributed by atoms with Crippen LogP contribution in [0.25, 0.3) is 0 Å². The van der Waals surface area contributed by atoms with E-state index in [1.807, 2.05) is 26.0 Å². The lowest BCUT2D eigenvalue weighted by atomic mass is 10.1. The molecular weight excluding hydrogens is 309 g/mol. The van der Waals surface area contributed by atoms with Gasteiger partial charge in [0.15, 0.2) is 0 Å². The summed E-state index contributed by atoms with van der Waals surface area (Å²) in [7, 11) is 0.